The van der Waals surface area contributed by atoms with E-state index >= 15 is 0 Å². The summed E-state index contributed by atoms with van der Waals surface area (Å²) >= 11 is 2.55. The molecule has 2 aromatic heterocycles. The fraction of sp³-hybridized carbons (Fsp3) is 0.286. The Kier molecular flexibility index (Phi) is 7.18. The average molecular weight is 511 g/mol. The van der Waals surface area contributed by atoms with Crippen molar-refractivity contribution in [1.29, 1.82) is 10.5 Å². The molecule has 2 aliphatic rings. The van der Waals surface area contributed by atoms with Crippen molar-refractivity contribution in [3.8, 4) is 12.1 Å². The van der Waals surface area contributed by atoms with E-state index in [1.165, 1.54) is 23.5 Å². The number of benzene rings is 1. The molecule has 3 aromatic rings. The lowest BCUT2D eigenvalue weighted by Gasteiger charge is -2.07. The zero-order valence-corrected chi connectivity index (χ0v) is 21.1. The molecule has 178 valence electrons. The van der Waals surface area contributed by atoms with Crippen molar-refractivity contribution in [1.82, 2.24) is 9.97 Å². The molecule has 2 heterocycles. The first-order valence-corrected chi connectivity index (χ1v) is 13.8. The number of aromatic nitrogens is 2. The molecular formula is C28H22N4O2S2. The molecule has 2 fully saturated rings. The summed E-state index contributed by atoms with van der Waals surface area (Å²) in [6.45, 7) is 0. The quantitative estimate of drug-likeness (QED) is 0.244. The van der Waals surface area contributed by atoms with Crippen LogP contribution in [-0.2, 0) is 0 Å². The van der Waals surface area contributed by atoms with Gasteiger partial charge >= 0.3 is 0 Å². The smallest absolute Gasteiger partial charge is 0.173 e. The maximum Gasteiger partial charge on any atom is 0.173 e. The van der Waals surface area contributed by atoms with E-state index in [0.29, 0.717) is 44.1 Å². The van der Waals surface area contributed by atoms with Crippen molar-refractivity contribution in [2.45, 2.75) is 47.6 Å². The fourth-order valence-corrected chi connectivity index (χ4v) is 5.54. The largest absolute Gasteiger partial charge is 0.293 e. The zero-order valence-electron chi connectivity index (χ0n) is 19.4. The first-order chi connectivity index (χ1) is 17.6. The molecule has 0 N–H and O–H groups in total. The second-order valence-corrected chi connectivity index (χ2v) is 10.9. The summed E-state index contributed by atoms with van der Waals surface area (Å²) < 4.78 is 0. The summed E-state index contributed by atoms with van der Waals surface area (Å²) in [4.78, 5) is 34.7. The number of hydrogen-bond donors (Lipinski definition) is 0. The van der Waals surface area contributed by atoms with Gasteiger partial charge in [0.2, 0.25) is 0 Å². The minimum atomic E-state index is -0.0874. The Morgan fingerprint density at radius 2 is 1.08 bits per heavy atom. The predicted molar refractivity (Wildman–Crippen MR) is 138 cm³/mol. The Balaban J connectivity index is 1.19. The van der Waals surface area contributed by atoms with Crippen LogP contribution in [0.25, 0.3) is 0 Å². The van der Waals surface area contributed by atoms with Gasteiger partial charge in [-0.1, -0.05) is 47.8 Å². The number of rotatable bonds is 10. The highest BCUT2D eigenvalue weighted by atomic mass is 32.2. The fourth-order valence-electron chi connectivity index (χ4n) is 3.79. The summed E-state index contributed by atoms with van der Waals surface area (Å²) in [7, 11) is 0. The molecular weight excluding hydrogens is 488 g/mol. The maximum absolute atomic E-state index is 12.7. The SMILES string of the molecule is N#Cc1ccc(C2CC2)nc1SCC(=O)c1ccc(C(=O)CSc2nc(C3CC3)ccc2C#N)cc1. The Morgan fingerprint density at radius 1 is 0.694 bits per heavy atom. The first kappa shape index (κ1) is 24.2. The molecule has 2 aliphatic carbocycles. The third-order valence-corrected chi connectivity index (χ3v) is 8.19. The molecule has 0 amide bonds. The monoisotopic (exact) mass is 510 g/mol. The van der Waals surface area contributed by atoms with E-state index in [2.05, 4.69) is 22.1 Å². The molecule has 0 unspecified atom stereocenters. The van der Waals surface area contributed by atoms with Crippen LogP contribution >= 0.6 is 23.5 Å². The van der Waals surface area contributed by atoms with Crippen molar-refractivity contribution >= 4 is 35.1 Å². The maximum atomic E-state index is 12.7. The van der Waals surface area contributed by atoms with Gasteiger partial charge in [0.15, 0.2) is 11.6 Å². The summed E-state index contributed by atoms with van der Waals surface area (Å²) in [5, 5.41) is 19.9. The summed E-state index contributed by atoms with van der Waals surface area (Å²) in [5.74, 6) is 1.10. The van der Waals surface area contributed by atoms with Crippen LogP contribution in [0.1, 0.15) is 80.7 Å². The molecule has 8 heteroatoms. The molecule has 5 rings (SSSR count). The highest BCUT2D eigenvalue weighted by Crippen LogP contribution is 2.40. The van der Waals surface area contributed by atoms with Crippen molar-refractivity contribution in [3.05, 3.63) is 82.2 Å². The van der Waals surface area contributed by atoms with E-state index in [9.17, 15) is 20.1 Å². The Labute approximate surface area is 218 Å². The van der Waals surface area contributed by atoms with Crippen molar-refractivity contribution in [2.75, 3.05) is 11.5 Å². The van der Waals surface area contributed by atoms with Gasteiger partial charge in [-0.25, -0.2) is 9.97 Å². The number of nitriles is 2. The molecule has 36 heavy (non-hydrogen) atoms. The molecule has 0 spiro atoms. The van der Waals surface area contributed by atoms with Crippen LogP contribution in [0.15, 0.2) is 58.6 Å². The van der Waals surface area contributed by atoms with Gasteiger partial charge in [0, 0.05) is 34.4 Å². The molecule has 0 aliphatic heterocycles. The van der Waals surface area contributed by atoms with E-state index < -0.39 is 0 Å². The lowest BCUT2D eigenvalue weighted by Crippen LogP contribution is -2.07. The molecule has 6 nitrogen and oxygen atoms in total. The number of carbonyl (C=O) groups excluding carboxylic acids is 2. The average Bonchev–Trinajstić information content (AvgIpc) is 3.83. The molecule has 0 atom stereocenters. The van der Waals surface area contributed by atoms with E-state index in [1.807, 2.05) is 12.1 Å². The summed E-state index contributed by atoms with van der Waals surface area (Å²) in [6.07, 6.45) is 4.48. The number of pyridine rings is 2. The van der Waals surface area contributed by atoms with Crippen molar-refractivity contribution in [3.63, 3.8) is 0 Å². The van der Waals surface area contributed by atoms with Gasteiger partial charge in [0.1, 0.15) is 22.2 Å². The van der Waals surface area contributed by atoms with Crippen LogP contribution in [0.2, 0.25) is 0 Å². The summed E-state index contributed by atoms with van der Waals surface area (Å²) in [5.41, 5.74) is 3.95. The van der Waals surface area contributed by atoms with E-state index in [1.54, 1.807) is 36.4 Å². The molecule has 2 saturated carbocycles. The Hall–Kier alpha value is -3.46. The summed E-state index contributed by atoms with van der Waals surface area (Å²) in [6, 6.07) is 18.3. The van der Waals surface area contributed by atoms with E-state index in [0.717, 1.165) is 37.1 Å². The zero-order chi connectivity index (χ0) is 25.1. The van der Waals surface area contributed by atoms with Gasteiger partial charge < -0.3 is 0 Å². The van der Waals surface area contributed by atoms with Crippen LogP contribution in [0.4, 0.5) is 0 Å². The van der Waals surface area contributed by atoms with E-state index in [4.69, 9.17) is 0 Å². The van der Waals surface area contributed by atoms with Crippen molar-refractivity contribution in [2.24, 2.45) is 0 Å². The van der Waals surface area contributed by atoms with Crippen LogP contribution < -0.4 is 0 Å². The van der Waals surface area contributed by atoms with Gasteiger partial charge in [0.25, 0.3) is 0 Å². The second-order valence-electron chi connectivity index (χ2n) is 8.95. The van der Waals surface area contributed by atoms with E-state index in [-0.39, 0.29) is 23.1 Å². The van der Waals surface area contributed by atoms with Gasteiger partial charge in [-0.3, -0.25) is 9.59 Å². The molecule has 0 radical (unpaired) electrons. The van der Waals surface area contributed by atoms with Crippen LogP contribution in [0.3, 0.4) is 0 Å². The predicted octanol–water partition coefficient (Wildman–Crippen LogP) is 5.92. The van der Waals surface area contributed by atoms with Crippen molar-refractivity contribution < 1.29 is 9.59 Å². The number of ketones is 2. The molecule has 1 aromatic carbocycles. The number of nitrogens with zero attached hydrogens (tertiary/aromatic N) is 4. The second kappa shape index (κ2) is 10.7. The van der Waals surface area contributed by atoms with Gasteiger partial charge in [-0.2, -0.15) is 10.5 Å². The number of carbonyl (C=O) groups is 2. The van der Waals surface area contributed by atoms with Gasteiger partial charge in [-0.15, -0.1) is 0 Å². The van der Waals surface area contributed by atoms with Crippen LogP contribution in [0.5, 0.6) is 0 Å². The normalized spacial score (nSPS) is 14.6. The Bertz CT molecular complexity index is 1310. The number of hydrogen-bond acceptors (Lipinski definition) is 8. The first-order valence-electron chi connectivity index (χ1n) is 11.8. The molecule has 0 saturated heterocycles. The molecule has 0 bridgehead atoms. The standard InChI is InChI=1S/C28H22N4O2S2/c29-13-21-9-11-23(17-1-2-17)31-27(21)35-15-25(33)19-5-7-20(8-6-19)26(34)16-36-28-22(14-30)10-12-24(32-28)18-3-4-18/h5-12,17-18H,1-4,15-16H2. The third kappa shape index (κ3) is 5.67. The number of thioether (sulfide) groups is 2. The third-order valence-electron chi connectivity index (χ3n) is 6.20. The lowest BCUT2D eigenvalue weighted by atomic mass is 10.1. The minimum absolute atomic E-state index is 0.0874. The number of Topliss-reactive ketones (excluding diaryl/α,β-unsaturated/α-hetero) is 2. The highest BCUT2D eigenvalue weighted by molar-refractivity contribution is 8.00. The topological polar surface area (TPSA) is 108 Å². The Morgan fingerprint density at radius 3 is 1.42 bits per heavy atom. The van der Waals surface area contributed by atoms with Crippen LogP contribution in [0, 0.1) is 22.7 Å². The highest BCUT2D eigenvalue weighted by Gasteiger charge is 2.27. The minimum Gasteiger partial charge on any atom is -0.293 e. The van der Waals surface area contributed by atoms with Gasteiger partial charge in [0.05, 0.1) is 22.6 Å². The van der Waals surface area contributed by atoms with Gasteiger partial charge in [-0.05, 0) is 49.9 Å². The van der Waals surface area contributed by atoms with Crippen LogP contribution in [-0.4, -0.2) is 33.0 Å². The lowest BCUT2D eigenvalue weighted by molar-refractivity contribution is 0.101.